The number of anilines is 1. The van der Waals surface area contributed by atoms with Gasteiger partial charge < -0.3 is 18.9 Å². The molecule has 1 aliphatic heterocycles. The summed E-state index contributed by atoms with van der Waals surface area (Å²) in [4.78, 5) is 25.4. The molecule has 1 fully saturated rings. The van der Waals surface area contributed by atoms with E-state index in [1.807, 2.05) is 12.1 Å². The molecule has 140 valence electrons. The number of pyridine rings is 2. The minimum atomic E-state index is -0.0376. The van der Waals surface area contributed by atoms with E-state index in [4.69, 9.17) is 4.52 Å². The van der Waals surface area contributed by atoms with Gasteiger partial charge in [-0.2, -0.15) is 4.98 Å². The average molecular weight is 366 g/mol. The van der Waals surface area contributed by atoms with E-state index in [0.29, 0.717) is 17.3 Å². The summed E-state index contributed by atoms with van der Waals surface area (Å²) in [5, 5.41) is 4.11. The molecule has 0 atom stereocenters. The number of rotatable bonds is 3. The minimum absolute atomic E-state index is 0.0376. The van der Waals surface area contributed by atoms with Crippen molar-refractivity contribution in [3.05, 3.63) is 46.5 Å². The molecule has 0 spiro atoms. The Labute approximate surface area is 157 Å². The third kappa shape index (κ3) is 3.48. The Morgan fingerprint density at radius 3 is 2.59 bits per heavy atom. The highest BCUT2D eigenvalue weighted by Gasteiger charge is 2.17. The number of hydrogen-bond acceptors (Lipinski definition) is 7. The second-order valence-corrected chi connectivity index (χ2v) is 6.94. The number of likely N-dealkylation sites (N-methyl/N-ethyl adjacent to an activating group) is 1. The fourth-order valence-electron chi connectivity index (χ4n) is 3.22. The molecule has 27 heavy (non-hydrogen) atoms. The van der Waals surface area contributed by atoms with E-state index >= 15 is 0 Å². The Bertz CT molecular complexity index is 991. The lowest BCUT2D eigenvalue weighted by atomic mass is 10.2. The Morgan fingerprint density at radius 2 is 1.85 bits per heavy atom. The van der Waals surface area contributed by atoms with Gasteiger partial charge >= 0.3 is 0 Å². The van der Waals surface area contributed by atoms with E-state index in [0.717, 1.165) is 43.1 Å². The van der Waals surface area contributed by atoms with Gasteiger partial charge in [0.05, 0.1) is 5.56 Å². The third-order valence-electron chi connectivity index (χ3n) is 4.87. The van der Waals surface area contributed by atoms with Crippen LogP contribution < -0.4 is 10.5 Å². The number of aryl methyl sites for hydroxylation is 2. The second kappa shape index (κ2) is 6.96. The van der Waals surface area contributed by atoms with Gasteiger partial charge in [-0.25, -0.2) is 4.98 Å². The van der Waals surface area contributed by atoms with Crippen LogP contribution in [-0.2, 0) is 7.05 Å². The fraction of sp³-hybridized carbons (Fsp3) is 0.368. The summed E-state index contributed by atoms with van der Waals surface area (Å²) in [7, 11) is 3.84. The quantitative estimate of drug-likeness (QED) is 0.696. The van der Waals surface area contributed by atoms with Gasteiger partial charge in [-0.3, -0.25) is 4.79 Å². The molecule has 0 aromatic carbocycles. The van der Waals surface area contributed by atoms with Gasteiger partial charge in [-0.05, 0) is 32.2 Å². The predicted octanol–water partition coefficient (Wildman–Crippen LogP) is 1.56. The molecule has 8 heteroatoms. The van der Waals surface area contributed by atoms with E-state index < -0.39 is 0 Å². The first-order chi connectivity index (χ1) is 13.0. The largest absolute Gasteiger partial charge is 0.354 e. The van der Waals surface area contributed by atoms with E-state index in [9.17, 15) is 4.79 Å². The highest BCUT2D eigenvalue weighted by Crippen LogP contribution is 2.24. The molecule has 0 aliphatic carbocycles. The van der Waals surface area contributed by atoms with Crippen LogP contribution in [0.1, 0.15) is 5.56 Å². The molecule has 1 saturated heterocycles. The number of hydrogen-bond donors (Lipinski definition) is 0. The lowest BCUT2D eigenvalue weighted by molar-refractivity contribution is 0.312. The second-order valence-electron chi connectivity index (χ2n) is 6.94. The van der Waals surface area contributed by atoms with E-state index in [-0.39, 0.29) is 5.56 Å². The van der Waals surface area contributed by atoms with Crippen LogP contribution in [0.25, 0.3) is 22.8 Å². The molecule has 0 amide bonds. The van der Waals surface area contributed by atoms with Crippen LogP contribution in [0, 0.1) is 6.92 Å². The summed E-state index contributed by atoms with van der Waals surface area (Å²) < 4.78 is 6.96. The molecule has 4 heterocycles. The first kappa shape index (κ1) is 17.4. The zero-order chi connectivity index (χ0) is 19.0. The fourth-order valence-corrected chi connectivity index (χ4v) is 3.22. The molecule has 0 N–H and O–H groups in total. The lowest BCUT2D eigenvalue weighted by Crippen LogP contribution is -2.44. The van der Waals surface area contributed by atoms with E-state index in [1.54, 1.807) is 32.4 Å². The first-order valence-corrected chi connectivity index (χ1v) is 8.92. The zero-order valence-corrected chi connectivity index (χ0v) is 15.7. The van der Waals surface area contributed by atoms with Crippen LogP contribution in [0.4, 0.5) is 5.82 Å². The van der Waals surface area contributed by atoms with E-state index in [1.165, 1.54) is 4.57 Å². The third-order valence-corrected chi connectivity index (χ3v) is 4.87. The maximum absolute atomic E-state index is 11.9. The van der Waals surface area contributed by atoms with Gasteiger partial charge in [0.1, 0.15) is 5.82 Å². The Balaban J connectivity index is 1.62. The SMILES string of the molecule is Cc1cc(-c2nc(-c3ccnc(N4CCN(C)CC4)c3)no2)cn(C)c1=O. The van der Waals surface area contributed by atoms with Crippen molar-refractivity contribution in [3.8, 4) is 22.8 Å². The molecule has 8 nitrogen and oxygen atoms in total. The molecule has 3 aromatic rings. The van der Waals surface area contributed by atoms with Gasteiger partial charge in [0.15, 0.2) is 0 Å². The highest BCUT2D eigenvalue weighted by atomic mass is 16.5. The van der Waals surface area contributed by atoms with Crippen molar-refractivity contribution < 1.29 is 4.52 Å². The number of piperazine rings is 1. The molecule has 4 rings (SSSR count). The summed E-state index contributed by atoms with van der Waals surface area (Å²) in [6, 6.07) is 5.63. The highest BCUT2D eigenvalue weighted by molar-refractivity contribution is 5.62. The predicted molar refractivity (Wildman–Crippen MR) is 103 cm³/mol. The zero-order valence-electron chi connectivity index (χ0n) is 15.7. The van der Waals surface area contributed by atoms with Crippen LogP contribution in [0.2, 0.25) is 0 Å². The van der Waals surface area contributed by atoms with Crippen molar-refractivity contribution in [1.82, 2.24) is 24.6 Å². The van der Waals surface area contributed by atoms with Crippen LogP contribution >= 0.6 is 0 Å². The van der Waals surface area contributed by atoms with E-state index in [2.05, 4.69) is 32.0 Å². The summed E-state index contributed by atoms with van der Waals surface area (Å²) in [5.74, 6) is 1.82. The molecule has 0 saturated carbocycles. The van der Waals surface area contributed by atoms with Crippen LogP contribution in [0.15, 0.2) is 39.9 Å². The van der Waals surface area contributed by atoms with Crippen molar-refractivity contribution in [2.75, 3.05) is 38.1 Å². The summed E-state index contributed by atoms with van der Waals surface area (Å²) in [5.41, 5.74) is 2.18. The Morgan fingerprint density at radius 1 is 1.07 bits per heavy atom. The standard InChI is InChI=1S/C19H22N6O2/c1-13-10-15(12-24(3)19(13)26)18-21-17(22-27-18)14-4-5-20-16(11-14)25-8-6-23(2)7-9-25/h4-5,10-12H,6-9H2,1-3H3. The normalized spacial score (nSPS) is 15.3. The molecule has 1 aliphatic rings. The van der Waals surface area contributed by atoms with Crippen LogP contribution in [0.3, 0.4) is 0 Å². The lowest BCUT2D eigenvalue weighted by Gasteiger charge is -2.33. The molecule has 0 radical (unpaired) electrons. The maximum Gasteiger partial charge on any atom is 0.259 e. The Hall–Kier alpha value is -3.00. The van der Waals surface area contributed by atoms with Crippen LogP contribution in [-0.4, -0.2) is 57.8 Å². The summed E-state index contributed by atoms with van der Waals surface area (Å²) in [6.45, 7) is 5.70. The van der Waals surface area contributed by atoms with Gasteiger partial charge in [0.2, 0.25) is 5.82 Å². The van der Waals surface area contributed by atoms with Crippen molar-refractivity contribution in [3.63, 3.8) is 0 Å². The first-order valence-electron chi connectivity index (χ1n) is 8.92. The van der Waals surface area contributed by atoms with Gasteiger partial charge in [0, 0.05) is 56.7 Å². The topological polar surface area (TPSA) is 80.3 Å². The number of aromatic nitrogens is 4. The molecule has 0 unspecified atom stereocenters. The minimum Gasteiger partial charge on any atom is -0.354 e. The van der Waals surface area contributed by atoms with Crippen molar-refractivity contribution in [2.45, 2.75) is 6.92 Å². The summed E-state index contributed by atoms with van der Waals surface area (Å²) in [6.07, 6.45) is 3.48. The maximum atomic E-state index is 11.9. The van der Waals surface area contributed by atoms with Gasteiger partial charge in [0.25, 0.3) is 11.4 Å². The van der Waals surface area contributed by atoms with Gasteiger partial charge in [-0.15, -0.1) is 0 Å². The van der Waals surface area contributed by atoms with Gasteiger partial charge in [-0.1, -0.05) is 5.16 Å². The molecular weight excluding hydrogens is 344 g/mol. The summed E-state index contributed by atoms with van der Waals surface area (Å²) >= 11 is 0. The Kier molecular flexibility index (Phi) is 4.49. The molecule has 3 aromatic heterocycles. The monoisotopic (exact) mass is 366 g/mol. The van der Waals surface area contributed by atoms with Crippen molar-refractivity contribution >= 4 is 5.82 Å². The molecule has 0 bridgehead atoms. The average Bonchev–Trinajstić information content (AvgIpc) is 3.17. The van der Waals surface area contributed by atoms with Crippen molar-refractivity contribution in [1.29, 1.82) is 0 Å². The van der Waals surface area contributed by atoms with Crippen molar-refractivity contribution in [2.24, 2.45) is 7.05 Å². The smallest absolute Gasteiger partial charge is 0.259 e. The van der Waals surface area contributed by atoms with Crippen LogP contribution in [0.5, 0.6) is 0 Å². The molecular formula is C19H22N6O2. The number of nitrogens with zero attached hydrogens (tertiary/aromatic N) is 6.